The molecule has 0 aliphatic heterocycles. The van der Waals surface area contributed by atoms with E-state index in [4.69, 9.17) is 14.8 Å². The third-order valence-corrected chi connectivity index (χ3v) is 7.17. The molecule has 3 fully saturated rings. The molecule has 0 unspecified atom stereocenters. The average Bonchev–Trinajstić information content (AvgIpc) is 3.02. The second-order valence-electron chi connectivity index (χ2n) is 9.17. The minimum Gasteiger partial charge on any atom is -0.480 e. The molecule has 31 heavy (non-hydrogen) atoms. The van der Waals surface area contributed by atoms with Gasteiger partial charge in [0.05, 0.1) is 5.60 Å². The van der Waals surface area contributed by atoms with Crippen LogP contribution in [0.1, 0.15) is 77.5 Å². The number of hydrogen-bond acceptors (Lipinski definition) is 5. The van der Waals surface area contributed by atoms with Gasteiger partial charge in [0.2, 0.25) is 0 Å². The largest absolute Gasteiger partial charge is 0.480 e. The van der Waals surface area contributed by atoms with Crippen LogP contribution in [0.5, 0.6) is 0 Å². The van der Waals surface area contributed by atoms with Gasteiger partial charge < -0.3 is 14.8 Å². The van der Waals surface area contributed by atoms with E-state index in [0.717, 1.165) is 57.2 Å². The number of nitrogens with one attached hydrogen (secondary N) is 1. The Labute approximate surface area is 180 Å². The molecule has 0 aromatic carbocycles. The van der Waals surface area contributed by atoms with E-state index in [1.165, 1.54) is 4.57 Å². The molecule has 3 aliphatic rings. The van der Waals surface area contributed by atoms with Crippen LogP contribution >= 0.6 is 0 Å². The van der Waals surface area contributed by atoms with Crippen molar-refractivity contribution >= 4 is 17.1 Å². The monoisotopic (exact) mass is 432 g/mol. The number of fused-ring (bicyclic) bond motifs is 5. The number of aromatic nitrogens is 4. The maximum atomic E-state index is 13.1. The first-order valence-electron chi connectivity index (χ1n) is 11.4. The third kappa shape index (κ3) is 3.73. The standard InChI is InChI=1S/C22H32N4O5/c1-3-12-25-17-16(18(29)26(13-4-2)20(25)30)23-19(24-17)21-6-5-7-22(10-8-21,11-9-21)31-14-15(27)28/h3-14H2,1-2H3,(H,23,24)(H,27,28). The summed E-state index contributed by atoms with van der Waals surface area (Å²) in [7, 11) is 0. The highest BCUT2D eigenvalue weighted by atomic mass is 16.5. The summed E-state index contributed by atoms with van der Waals surface area (Å²) in [6.45, 7) is 4.59. The van der Waals surface area contributed by atoms with E-state index >= 15 is 0 Å². The molecule has 9 nitrogen and oxygen atoms in total. The first-order valence-corrected chi connectivity index (χ1v) is 11.4. The van der Waals surface area contributed by atoms with Gasteiger partial charge in [-0.3, -0.25) is 13.9 Å². The summed E-state index contributed by atoms with van der Waals surface area (Å²) >= 11 is 0. The fourth-order valence-corrected chi connectivity index (χ4v) is 5.48. The number of H-pyrrole nitrogens is 1. The number of aliphatic carboxylic acids is 1. The second kappa shape index (κ2) is 8.26. The topological polar surface area (TPSA) is 119 Å². The first-order chi connectivity index (χ1) is 14.8. The maximum Gasteiger partial charge on any atom is 0.332 e. The Morgan fingerprint density at radius 3 is 2.39 bits per heavy atom. The zero-order valence-corrected chi connectivity index (χ0v) is 18.4. The van der Waals surface area contributed by atoms with Crippen LogP contribution in [0.25, 0.3) is 11.2 Å². The quantitative estimate of drug-likeness (QED) is 0.662. The van der Waals surface area contributed by atoms with E-state index < -0.39 is 5.97 Å². The van der Waals surface area contributed by atoms with E-state index in [1.807, 2.05) is 13.8 Å². The molecule has 3 saturated carbocycles. The maximum absolute atomic E-state index is 13.1. The van der Waals surface area contributed by atoms with E-state index in [0.29, 0.717) is 30.7 Å². The molecule has 0 spiro atoms. The Kier molecular flexibility index (Phi) is 5.81. The second-order valence-corrected chi connectivity index (χ2v) is 9.17. The van der Waals surface area contributed by atoms with E-state index in [9.17, 15) is 14.4 Å². The van der Waals surface area contributed by atoms with Crippen molar-refractivity contribution in [2.75, 3.05) is 6.61 Å². The highest BCUT2D eigenvalue weighted by Crippen LogP contribution is 2.52. The van der Waals surface area contributed by atoms with Crippen LogP contribution in [0.2, 0.25) is 0 Å². The molecule has 0 saturated heterocycles. The lowest BCUT2D eigenvalue weighted by Gasteiger charge is -2.41. The van der Waals surface area contributed by atoms with Crippen LogP contribution in [0.15, 0.2) is 9.59 Å². The summed E-state index contributed by atoms with van der Waals surface area (Å²) in [5.74, 6) is -0.156. The van der Waals surface area contributed by atoms with Crippen molar-refractivity contribution in [1.82, 2.24) is 19.1 Å². The van der Waals surface area contributed by atoms with E-state index in [1.54, 1.807) is 4.57 Å². The number of aromatic amines is 1. The fraction of sp³-hybridized carbons (Fsp3) is 0.727. The van der Waals surface area contributed by atoms with Crippen molar-refractivity contribution in [1.29, 1.82) is 0 Å². The highest BCUT2D eigenvalue weighted by Gasteiger charge is 2.49. The molecule has 2 heterocycles. The molecular weight excluding hydrogens is 400 g/mol. The molecule has 9 heteroatoms. The third-order valence-electron chi connectivity index (χ3n) is 7.17. The molecule has 3 aliphatic carbocycles. The molecular formula is C22H32N4O5. The van der Waals surface area contributed by atoms with Gasteiger partial charge in [-0.15, -0.1) is 0 Å². The predicted octanol–water partition coefficient (Wildman–Crippen LogP) is 2.54. The van der Waals surface area contributed by atoms with Gasteiger partial charge >= 0.3 is 11.7 Å². The normalized spacial score (nSPS) is 25.7. The zero-order chi connectivity index (χ0) is 22.2. The molecule has 2 aromatic rings. The first kappa shape index (κ1) is 21.8. The van der Waals surface area contributed by atoms with Crippen LogP contribution in [-0.4, -0.2) is 42.4 Å². The molecule has 5 rings (SSSR count). The van der Waals surface area contributed by atoms with Gasteiger partial charge in [0.15, 0.2) is 5.65 Å². The summed E-state index contributed by atoms with van der Waals surface area (Å²) in [6, 6.07) is 0. The van der Waals surface area contributed by atoms with Crippen LogP contribution in [0.3, 0.4) is 0 Å². The molecule has 0 amide bonds. The van der Waals surface area contributed by atoms with Crippen molar-refractivity contribution in [2.24, 2.45) is 0 Å². The van der Waals surface area contributed by atoms with Crippen LogP contribution in [0, 0.1) is 0 Å². The molecule has 2 N–H and O–H groups in total. The van der Waals surface area contributed by atoms with Gasteiger partial charge in [-0.25, -0.2) is 14.6 Å². The van der Waals surface area contributed by atoms with Crippen molar-refractivity contribution < 1.29 is 14.6 Å². The van der Waals surface area contributed by atoms with E-state index in [2.05, 4.69) is 4.98 Å². The van der Waals surface area contributed by atoms with Crippen molar-refractivity contribution in [3.05, 3.63) is 26.7 Å². The summed E-state index contributed by atoms with van der Waals surface area (Å²) in [5, 5.41) is 9.03. The van der Waals surface area contributed by atoms with Gasteiger partial charge in [0.25, 0.3) is 5.56 Å². The Morgan fingerprint density at radius 1 is 1.06 bits per heavy atom. The fourth-order valence-electron chi connectivity index (χ4n) is 5.48. The minimum absolute atomic E-state index is 0.194. The number of hydrogen-bond donors (Lipinski definition) is 2. The van der Waals surface area contributed by atoms with Gasteiger partial charge in [0.1, 0.15) is 17.9 Å². The van der Waals surface area contributed by atoms with Gasteiger partial charge in [-0.2, -0.15) is 0 Å². The Bertz CT molecular complexity index is 1090. The van der Waals surface area contributed by atoms with Crippen molar-refractivity contribution in [3.63, 3.8) is 0 Å². The molecule has 0 radical (unpaired) electrons. The summed E-state index contributed by atoms with van der Waals surface area (Å²) in [5.41, 5.74) is -0.287. The number of carboxylic acids is 1. The lowest BCUT2D eigenvalue weighted by Crippen LogP contribution is -2.41. The van der Waals surface area contributed by atoms with E-state index in [-0.39, 0.29) is 28.9 Å². The Morgan fingerprint density at radius 2 is 1.74 bits per heavy atom. The molecule has 2 bridgehead atoms. The number of rotatable bonds is 8. The highest BCUT2D eigenvalue weighted by molar-refractivity contribution is 5.70. The summed E-state index contributed by atoms with van der Waals surface area (Å²) in [6.07, 6.45) is 7.35. The van der Waals surface area contributed by atoms with Gasteiger partial charge in [-0.05, 0) is 57.8 Å². The molecule has 170 valence electrons. The lowest BCUT2D eigenvalue weighted by atomic mass is 9.69. The SMILES string of the molecule is CCCn1c(=O)c2[nH]c(C34CCCC(OCC(=O)O)(CC3)CC4)nc2n(CCC)c1=O. The molecule has 0 atom stereocenters. The lowest BCUT2D eigenvalue weighted by molar-refractivity contribution is -0.153. The number of aryl methyl sites for hydroxylation is 1. The number of ether oxygens (including phenoxy) is 1. The summed E-state index contributed by atoms with van der Waals surface area (Å²) < 4.78 is 8.78. The minimum atomic E-state index is -0.940. The van der Waals surface area contributed by atoms with Crippen molar-refractivity contribution in [2.45, 2.75) is 95.7 Å². The molecule has 2 aromatic heterocycles. The summed E-state index contributed by atoms with van der Waals surface area (Å²) in [4.78, 5) is 45.2. The Hall–Kier alpha value is -2.42. The smallest absolute Gasteiger partial charge is 0.332 e. The van der Waals surface area contributed by atoms with Gasteiger partial charge in [-0.1, -0.05) is 13.8 Å². The van der Waals surface area contributed by atoms with Gasteiger partial charge in [0, 0.05) is 18.5 Å². The number of carboxylic acid groups (broad SMARTS) is 1. The Balaban J connectivity index is 1.75. The number of carbonyl (C=O) groups is 1. The van der Waals surface area contributed by atoms with Crippen LogP contribution in [-0.2, 0) is 28.0 Å². The van der Waals surface area contributed by atoms with Crippen molar-refractivity contribution in [3.8, 4) is 0 Å². The average molecular weight is 433 g/mol. The number of nitrogens with zero attached hydrogens (tertiary/aromatic N) is 3. The number of imidazole rings is 1. The van der Waals surface area contributed by atoms with Crippen LogP contribution in [0.4, 0.5) is 0 Å². The predicted molar refractivity (Wildman–Crippen MR) is 116 cm³/mol. The zero-order valence-electron chi connectivity index (χ0n) is 18.4. The van der Waals surface area contributed by atoms with Crippen LogP contribution < -0.4 is 11.2 Å².